The summed E-state index contributed by atoms with van der Waals surface area (Å²) in [4.78, 5) is 4.32. The summed E-state index contributed by atoms with van der Waals surface area (Å²) in [6.07, 6.45) is 17.0. The minimum atomic E-state index is 0.650. The molecule has 0 N–H and O–H groups in total. The van der Waals surface area contributed by atoms with Gasteiger partial charge in [-0.3, -0.25) is 0 Å². The molecule has 0 atom stereocenters. The summed E-state index contributed by atoms with van der Waals surface area (Å²) in [6, 6.07) is 3.87. The zero-order valence-corrected chi connectivity index (χ0v) is 15.9. The Labute approximate surface area is 149 Å². The maximum atomic E-state index is 5.87. The van der Waals surface area contributed by atoms with Crippen molar-refractivity contribution in [3.05, 3.63) is 18.3 Å². The van der Waals surface area contributed by atoms with Crippen LogP contribution in [0.5, 0.6) is 11.6 Å². The summed E-state index contributed by atoms with van der Waals surface area (Å²) in [5.41, 5.74) is 0. The molecule has 138 valence electrons. The fraction of sp³-hybridized carbons (Fsp3) is 0.762. The van der Waals surface area contributed by atoms with Crippen LogP contribution in [0.4, 0.5) is 0 Å². The highest BCUT2D eigenvalue weighted by Gasteiger charge is 2.05. The molecule has 1 heterocycles. The van der Waals surface area contributed by atoms with E-state index >= 15 is 0 Å². The number of pyridine rings is 1. The van der Waals surface area contributed by atoms with E-state index in [1.807, 2.05) is 12.1 Å². The Morgan fingerprint density at radius 1 is 0.708 bits per heavy atom. The quantitative estimate of drug-likeness (QED) is 0.320. The van der Waals surface area contributed by atoms with Crippen LogP contribution in [-0.4, -0.2) is 18.2 Å². The van der Waals surface area contributed by atoms with Gasteiger partial charge in [-0.25, -0.2) is 4.98 Å². The average Bonchev–Trinajstić information content (AvgIpc) is 2.61. The van der Waals surface area contributed by atoms with Crippen LogP contribution in [0, 0.1) is 0 Å². The topological polar surface area (TPSA) is 31.4 Å². The van der Waals surface area contributed by atoms with Crippen molar-refractivity contribution in [1.82, 2.24) is 4.98 Å². The molecule has 1 aromatic heterocycles. The Balaban J connectivity index is 2.14. The second-order valence-corrected chi connectivity index (χ2v) is 6.54. The third-order valence-electron chi connectivity index (χ3n) is 4.23. The van der Waals surface area contributed by atoms with E-state index in [0.717, 1.165) is 31.8 Å². The monoisotopic (exact) mass is 335 g/mol. The number of ether oxygens (including phenoxy) is 2. The Hall–Kier alpha value is -1.25. The Morgan fingerprint density at radius 2 is 1.25 bits per heavy atom. The van der Waals surface area contributed by atoms with Crippen LogP contribution >= 0.6 is 0 Å². The molecule has 0 unspecified atom stereocenters. The Kier molecular flexibility index (Phi) is 13.2. The van der Waals surface area contributed by atoms with Gasteiger partial charge in [0.05, 0.1) is 13.2 Å². The van der Waals surface area contributed by atoms with E-state index < -0.39 is 0 Å². The maximum Gasteiger partial charge on any atom is 0.256 e. The molecule has 1 aromatic rings. The Morgan fingerprint density at radius 3 is 1.88 bits per heavy atom. The molecule has 3 heteroatoms. The van der Waals surface area contributed by atoms with Crippen LogP contribution in [0.25, 0.3) is 0 Å². The molecular formula is C21H37NO2. The fourth-order valence-corrected chi connectivity index (χ4v) is 2.71. The SMILES string of the molecule is CCCCCCCCOc1cccnc1OCCCCCCCC. The molecule has 0 bridgehead atoms. The lowest BCUT2D eigenvalue weighted by Gasteiger charge is -2.11. The normalized spacial score (nSPS) is 10.8. The van der Waals surface area contributed by atoms with Gasteiger partial charge >= 0.3 is 0 Å². The van der Waals surface area contributed by atoms with Crippen LogP contribution in [0.3, 0.4) is 0 Å². The molecule has 0 radical (unpaired) electrons. The predicted octanol–water partition coefficient (Wildman–Crippen LogP) is 6.56. The fourth-order valence-electron chi connectivity index (χ4n) is 2.71. The summed E-state index contributed by atoms with van der Waals surface area (Å²) < 4.78 is 11.7. The molecule has 0 spiro atoms. The summed E-state index contributed by atoms with van der Waals surface area (Å²) in [6.45, 7) is 5.98. The van der Waals surface area contributed by atoms with E-state index in [9.17, 15) is 0 Å². The van der Waals surface area contributed by atoms with Gasteiger partial charge in [-0.2, -0.15) is 0 Å². The molecule has 1 rings (SSSR count). The smallest absolute Gasteiger partial charge is 0.256 e. The number of unbranched alkanes of at least 4 members (excludes halogenated alkanes) is 10. The van der Waals surface area contributed by atoms with Crippen LogP contribution < -0.4 is 9.47 Å². The molecule has 0 aliphatic carbocycles. The lowest BCUT2D eigenvalue weighted by molar-refractivity contribution is 0.250. The first kappa shape index (κ1) is 20.8. The van der Waals surface area contributed by atoms with Crippen molar-refractivity contribution >= 4 is 0 Å². The summed E-state index contributed by atoms with van der Waals surface area (Å²) in [5.74, 6) is 1.44. The zero-order valence-electron chi connectivity index (χ0n) is 15.9. The van der Waals surface area contributed by atoms with Gasteiger partial charge in [0.1, 0.15) is 0 Å². The van der Waals surface area contributed by atoms with Crippen molar-refractivity contribution in [3.63, 3.8) is 0 Å². The van der Waals surface area contributed by atoms with Gasteiger partial charge in [-0.05, 0) is 25.0 Å². The summed E-state index contributed by atoms with van der Waals surface area (Å²) in [5, 5.41) is 0. The average molecular weight is 336 g/mol. The molecule has 3 nitrogen and oxygen atoms in total. The van der Waals surface area contributed by atoms with E-state index in [1.165, 1.54) is 64.2 Å². The van der Waals surface area contributed by atoms with Crippen LogP contribution in [0.15, 0.2) is 18.3 Å². The van der Waals surface area contributed by atoms with Crippen molar-refractivity contribution in [3.8, 4) is 11.6 Å². The minimum Gasteiger partial charge on any atom is -0.488 e. The van der Waals surface area contributed by atoms with E-state index in [0.29, 0.717) is 5.88 Å². The zero-order chi connectivity index (χ0) is 17.3. The third kappa shape index (κ3) is 10.5. The third-order valence-corrected chi connectivity index (χ3v) is 4.23. The molecule has 0 amide bonds. The summed E-state index contributed by atoms with van der Waals surface area (Å²) in [7, 11) is 0. The highest BCUT2D eigenvalue weighted by Crippen LogP contribution is 2.24. The van der Waals surface area contributed by atoms with Gasteiger partial charge in [0.15, 0.2) is 5.75 Å². The number of hydrogen-bond donors (Lipinski definition) is 0. The molecule has 0 fully saturated rings. The van der Waals surface area contributed by atoms with Crippen molar-refractivity contribution in [2.24, 2.45) is 0 Å². The van der Waals surface area contributed by atoms with Crippen molar-refractivity contribution in [2.45, 2.75) is 90.9 Å². The molecular weight excluding hydrogens is 298 g/mol. The largest absolute Gasteiger partial charge is 0.488 e. The van der Waals surface area contributed by atoms with Crippen molar-refractivity contribution in [1.29, 1.82) is 0 Å². The van der Waals surface area contributed by atoms with Crippen molar-refractivity contribution < 1.29 is 9.47 Å². The second kappa shape index (κ2) is 15.3. The number of rotatable bonds is 16. The summed E-state index contributed by atoms with van der Waals surface area (Å²) >= 11 is 0. The molecule has 0 aliphatic heterocycles. The van der Waals surface area contributed by atoms with Crippen LogP contribution in [0.2, 0.25) is 0 Å². The highest BCUT2D eigenvalue weighted by atomic mass is 16.5. The molecule has 0 saturated heterocycles. The van der Waals surface area contributed by atoms with E-state index in [4.69, 9.17) is 9.47 Å². The van der Waals surface area contributed by atoms with Gasteiger partial charge < -0.3 is 9.47 Å². The van der Waals surface area contributed by atoms with Gasteiger partial charge in [0.25, 0.3) is 5.88 Å². The molecule has 0 saturated carbocycles. The van der Waals surface area contributed by atoms with Crippen LogP contribution in [-0.2, 0) is 0 Å². The minimum absolute atomic E-state index is 0.650. The van der Waals surface area contributed by atoms with Gasteiger partial charge in [-0.15, -0.1) is 0 Å². The first-order valence-electron chi connectivity index (χ1n) is 10.1. The van der Waals surface area contributed by atoms with E-state index in [2.05, 4.69) is 18.8 Å². The van der Waals surface area contributed by atoms with Crippen molar-refractivity contribution in [2.75, 3.05) is 13.2 Å². The first-order chi connectivity index (χ1) is 11.9. The first-order valence-corrected chi connectivity index (χ1v) is 10.1. The van der Waals surface area contributed by atoms with E-state index in [1.54, 1.807) is 6.20 Å². The number of nitrogens with zero attached hydrogens (tertiary/aromatic N) is 1. The van der Waals surface area contributed by atoms with Gasteiger partial charge in [0, 0.05) is 6.20 Å². The lowest BCUT2D eigenvalue weighted by atomic mass is 10.1. The Bertz CT molecular complexity index is 358. The highest BCUT2D eigenvalue weighted by molar-refractivity contribution is 5.32. The number of hydrogen-bond acceptors (Lipinski definition) is 3. The van der Waals surface area contributed by atoms with Gasteiger partial charge in [-0.1, -0.05) is 78.1 Å². The molecule has 0 aliphatic rings. The molecule has 24 heavy (non-hydrogen) atoms. The predicted molar refractivity (Wildman–Crippen MR) is 102 cm³/mol. The lowest BCUT2D eigenvalue weighted by Crippen LogP contribution is -2.04. The second-order valence-electron chi connectivity index (χ2n) is 6.54. The standard InChI is InChI=1S/C21H37NO2/c1-3-5-7-9-11-13-18-23-20-16-15-17-22-21(20)24-19-14-12-10-8-6-4-2/h15-17H,3-14,18-19H2,1-2H3. The van der Waals surface area contributed by atoms with Gasteiger partial charge in [0.2, 0.25) is 0 Å². The number of aromatic nitrogens is 1. The van der Waals surface area contributed by atoms with E-state index in [-0.39, 0.29) is 0 Å². The van der Waals surface area contributed by atoms with Crippen LogP contribution in [0.1, 0.15) is 90.9 Å². The molecule has 0 aromatic carbocycles. The maximum absolute atomic E-state index is 5.87.